The maximum atomic E-state index is 7.62. The van der Waals surface area contributed by atoms with Crippen LogP contribution in [0.4, 0.5) is 0 Å². The van der Waals surface area contributed by atoms with Crippen molar-refractivity contribution in [3.63, 3.8) is 0 Å². The van der Waals surface area contributed by atoms with E-state index in [0.717, 1.165) is 12.8 Å². The first-order valence-corrected chi connectivity index (χ1v) is 27.0. The van der Waals surface area contributed by atoms with Crippen LogP contribution in [0, 0.1) is 0 Å². The van der Waals surface area contributed by atoms with Crippen molar-refractivity contribution in [1.29, 1.82) is 0 Å². The molecule has 0 aromatic heterocycles. The standard InChI is InChI=1S/2C7H9.2CH3.2ClH.H2Si.Zr/c2*1-6-4-3-5-7(6)2;;;;;;/h2*4H,3H2,1-2H3;2*1H3;2*1H;1H2;/q;;;;;;;+2/p-2. The summed E-state index contributed by atoms with van der Waals surface area (Å²) in [5, 5.41) is 0. The van der Waals surface area contributed by atoms with E-state index in [1.165, 1.54) is 28.9 Å². The Morgan fingerprint density at radius 2 is 1.15 bits per heavy atom. The molecule has 112 valence electrons. The number of hydrogen-bond acceptors (Lipinski definition) is 0. The summed E-state index contributed by atoms with van der Waals surface area (Å²) in [6.07, 6.45) is 6.35. The Labute approximate surface area is 126 Å². The van der Waals surface area contributed by atoms with E-state index >= 15 is 0 Å². The van der Waals surface area contributed by atoms with Gasteiger partial charge in [0.05, 0.1) is 0 Å². The first-order valence-electron chi connectivity index (χ1n) is 7.33. The van der Waals surface area contributed by atoms with Crippen molar-refractivity contribution in [2.45, 2.75) is 49.8 Å². The Hall–Kier alpha value is 0.640. The fraction of sp³-hybridized carbons (Fsp3) is 0.500. The summed E-state index contributed by atoms with van der Waals surface area (Å²) in [7, 11) is 15.2. The summed E-state index contributed by atoms with van der Waals surface area (Å²) < 4.78 is 6.99. The van der Waals surface area contributed by atoms with E-state index in [0.29, 0.717) is 0 Å². The van der Waals surface area contributed by atoms with E-state index in [4.69, 9.17) is 17.0 Å². The van der Waals surface area contributed by atoms with Gasteiger partial charge in [-0.3, -0.25) is 0 Å². The molecule has 0 saturated heterocycles. The summed E-state index contributed by atoms with van der Waals surface area (Å²) in [5.74, 6) is 0. The summed E-state index contributed by atoms with van der Waals surface area (Å²) in [4.78, 5) is 0. The third kappa shape index (κ3) is 2.26. The van der Waals surface area contributed by atoms with Crippen LogP contribution in [0.5, 0.6) is 0 Å². The van der Waals surface area contributed by atoms with E-state index in [9.17, 15) is 0 Å². The van der Waals surface area contributed by atoms with Crippen molar-refractivity contribution in [3.8, 4) is 0 Å². The average Bonchev–Trinajstić information content (AvgIpc) is 2.73. The molecule has 0 N–H and O–H groups in total. The van der Waals surface area contributed by atoms with Crippen LogP contribution in [0.1, 0.15) is 40.5 Å². The molecule has 0 aromatic rings. The second kappa shape index (κ2) is 3.58. The van der Waals surface area contributed by atoms with E-state index in [-0.39, 0.29) is 0 Å². The molecule has 0 bridgehead atoms. The van der Waals surface area contributed by atoms with Gasteiger partial charge < -0.3 is 0 Å². The molecule has 0 radical (unpaired) electrons. The van der Waals surface area contributed by atoms with Gasteiger partial charge in [0.1, 0.15) is 0 Å². The van der Waals surface area contributed by atoms with E-state index < -0.39 is 12.0 Å². The predicted molar refractivity (Wildman–Crippen MR) is 94.1 cm³/mol. The van der Waals surface area contributed by atoms with Crippen molar-refractivity contribution in [3.05, 3.63) is 41.0 Å². The Balaban J connectivity index is 2.91. The molecule has 2 aliphatic carbocycles. The summed E-state index contributed by atoms with van der Waals surface area (Å²) >= 11 is -5.08. The number of allylic oxidation sites excluding steroid dienone is 8. The first kappa shape index (κ1) is 17.0. The van der Waals surface area contributed by atoms with Crippen LogP contribution in [0.3, 0.4) is 0 Å². The SMILES string of the molecule is CC1=CC[C]([Zr]([CH3])([CH3])(=[SiH2])([Cl])([Cl])[C]2=C(C)C(C)=CC2)=C1C. The molecule has 2 rings (SSSR count). The van der Waals surface area contributed by atoms with Crippen LogP contribution >= 0.6 is 17.0 Å². The van der Waals surface area contributed by atoms with Gasteiger partial charge in [0, 0.05) is 0 Å². The molecular formula is C16H26Cl2SiZr. The van der Waals surface area contributed by atoms with Crippen LogP contribution in [0.25, 0.3) is 0 Å². The average molecular weight is 409 g/mol. The van der Waals surface area contributed by atoms with Crippen molar-refractivity contribution >= 4 is 23.9 Å². The molecule has 0 saturated carbocycles. The molecule has 0 spiro atoms. The van der Waals surface area contributed by atoms with Crippen molar-refractivity contribution < 1.29 is 12.0 Å². The van der Waals surface area contributed by atoms with E-state index in [1.807, 2.05) is 6.88 Å². The summed E-state index contributed by atoms with van der Waals surface area (Å²) in [6, 6.07) is 0. The Bertz CT molecular complexity index is 709. The number of halogens is 2. The van der Waals surface area contributed by atoms with Crippen molar-refractivity contribution in [2.24, 2.45) is 0 Å². The quantitative estimate of drug-likeness (QED) is 0.496. The van der Waals surface area contributed by atoms with Crippen molar-refractivity contribution in [1.82, 2.24) is 0 Å². The molecule has 20 heavy (non-hydrogen) atoms. The maximum absolute atomic E-state index is 7.62. The van der Waals surface area contributed by atoms with Gasteiger partial charge >= 0.3 is 127 Å². The predicted octanol–water partition coefficient (Wildman–Crippen LogP) is 5.95. The summed E-state index contributed by atoms with van der Waals surface area (Å²) in [6.45, 7) is 10.6. The minimum absolute atomic E-state index is 0.902. The minimum atomic E-state index is -5.08. The topological polar surface area (TPSA) is 0 Å². The second-order valence-electron chi connectivity index (χ2n) is 8.55. The number of hydrogen-bond donors (Lipinski definition) is 0. The molecule has 0 heterocycles. The molecule has 0 nitrogen and oxygen atoms in total. The third-order valence-corrected chi connectivity index (χ3v) is 30.8. The third-order valence-electron chi connectivity index (χ3n) is 5.70. The Kier molecular flexibility index (Phi) is 3.05. The first-order chi connectivity index (χ1) is 8.60. The normalized spacial score (nSPS) is 25.9. The zero-order chi connectivity index (χ0) is 15.7. The molecule has 2 aliphatic rings. The van der Waals surface area contributed by atoms with Gasteiger partial charge in [0.15, 0.2) is 0 Å². The Morgan fingerprint density at radius 3 is 1.35 bits per heavy atom. The van der Waals surface area contributed by atoms with Gasteiger partial charge in [-0.25, -0.2) is 0 Å². The molecule has 4 heteroatoms. The fourth-order valence-corrected chi connectivity index (χ4v) is 27.8. The zero-order valence-corrected chi connectivity index (χ0v) is 18.9. The second-order valence-corrected chi connectivity index (χ2v) is 74.0. The molecule has 0 amide bonds. The monoisotopic (exact) mass is 406 g/mol. The molecule has 0 unspecified atom stereocenters. The van der Waals surface area contributed by atoms with Crippen LogP contribution in [0.15, 0.2) is 41.0 Å². The van der Waals surface area contributed by atoms with Gasteiger partial charge in [-0.2, -0.15) is 0 Å². The van der Waals surface area contributed by atoms with Gasteiger partial charge in [-0.1, -0.05) is 0 Å². The molecular weight excluding hydrogens is 382 g/mol. The van der Waals surface area contributed by atoms with Crippen LogP contribution < -0.4 is 0 Å². The van der Waals surface area contributed by atoms with Gasteiger partial charge in [0.2, 0.25) is 0 Å². The molecule has 0 aromatic carbocycles. The molecule has 0 fully saturated rings. The zero-order valence-electron chi connectivity index (χ0n) is 13.5. The van der Waals surface area contributed by atoms with Crippen LogP contribution in [-0.4, -0.2) is 6.88 Å². The van der Waals surface area contributed by atoms with Crippen LogP contribution in [-0.2, 0) is 12.0 Å². The van der Waals surface area contributed by atoms with Gasteiger partial charge in [0.25, 0.3) is 0 Å². The van der Waals surface area contributed by atoms with E-state index in [2.05, 4.69) is 49.1 Å². The Morgan fingerprint density at radius 1 is 0.850 bits per heavy atom. The van der Waals surface area contributed by atoms with Gasteiger partial charge in [-0.15, -0.1) is 0 Å². The fourth-order valence-electron chi connectivity index (χ4n) is 4.08. The van der Waals surface area contributed by atoms with Crippen molar-refractivity contribution in [2.75, 3.05) is 0 Å². The van der Waals surface area contributed by atoms with E-state index in [1.54, 1.807) is 0 Å². The van der Waals surface area contributed by atoms with Gasteiger partial charge in [-0.05, 0) is 0 Å². The number of rotatable bonds is 2. The molecule has 0 aliphatic heterocycles. The summed E-state index contributed by atoms with van der Waals surface area (Å²) in [5.41, 5.74) is 5.27. The molecule has 0 atom stereocenters. The van der Waals surface area contributed by atoms with Crippen LogP contribution in [0.2, 0.25) is 9.26 Å².